The van der Waals surface area contributed by atoms with Gasteiger partial charge in [-0.25, -0.2) is 0 Å². The van der Waals surface area contributed by atoms with Gasteiger partial charge in [-0.3, -0.25) is 0 Å². The number of hydrogen-bond acceptors (Lipinski definition) is 1. The largest absolute Gasteiger partial charge is 0.313 e. The van der Waals surface area contributed by atoms with E-state index in [2.05, 4.69) is 12.2 Å². The highest BCUT2D eigenvalue weighted by Gasteiger charge is 2.41. The van der Waals surface area contributed by atoms with Crippen LogP contribution in [0, 0.1) is 5.41 Å². The molecule has 0 aromatic rings. The van der Waals surface area contributed by atoms with Crippen LogP contribution in [0.1, 0.15) is 71.1 Å². The molecule has 0 unspecified atom stereocenters. The third-order valence-corrected chi connectivity index (χ3v) is 4.36. The molecule has 2 saturated carbocycles. The van der Waals surface area contributed by atoms with Gasteiger partial charge in [0.05, 0.1) is 0 Å². The first-order valence-electron chi connectivity index (χ1n) is 7.08. The third kappa shape index (κ3) is 3.48. The second-order valence-corrected chi connectivity index (χ2v) is 5.82. The first-order chi connectivity index (χ1) is 7.35. The summed E-state index contributed by atoms with van der Waals surface area (Å²) in [6.45, 7) is 3.64. The predicted molar refractivity (Wildman–Crippen MR) is 66.1 cm³/mol. The fourth-order valence-corrected chi connectivity index (χ4v) is 3.07. The Morgan fingerprint density at radius 3 is 2.27 bits per heavy atom. The lowest BCUT2D eigenvalue weighted by molar-refractivity contribution is 0.366. The summed E-state index contributed by atoms with van der Waals surface area (Å²) in [4.78, 5) is 0. The molecule has 0 saturated heterocycles. The second-order valence-electron chi connectivity index (χ2n) is 5.82. The van der Waals surface area contributed by atoms with Crippen LogP contribution in [-0.4, -0.2) is 12.6 Å². The Kier molecular flexibility index (Phi) is 4.07. The monoisotopic (exact) mass is 209 g/mol. The summed E-state index contributed by atoms with van der Waals surface area (Å²) in [7, 11) is 0. The Morgan fingerprint density at radius 1 is 1.07 bits per heavy atom. The maximum absolute atomic E-state index is 3.85. The van der Waals surface area contributed by atoms with E-state index in [0.29, 0.717) is 0 Å². The lowest BCUT2D eigenvalue weighted by Gasteiger charge is -2.21. The van der Waals surface area contributed by atoms with Crippen molar-refractivity contribution < 1.29 is 0 Å². The minimum Gasteiger partial charge on any atom is -0.313 e. The van der Waals surface area contributed by atoms with Crippen molar-refractivity contribution in [3.05, 3.63) is 0 Å². The molecule has 88 valence electrons. The Morgan fingerprint density at radius 2 is 1.73 bits per heavy atom. The Balaban J connectivity index is 1.67. The summed E-state index contributed by atoms with van der Waals surface area (Å²) in [5.74, 6) is 0. The molecule has 2 aliphatic carbocycles. The lowest BCUT2D eigenvalue weighted by Crippen LogP contribution is -2.33. The smallest absolute Gasteiger partial charge is 0.00672 e. The topological polar surface area (TPSA) is 12.0 Å². The van der Waals surface area contributed by atoms with E-state index in [9.17, 15) is 0 Å². The molecule has 2 fully saturated rings. The molecule has 1 N–H and O–H groups in total. The summed E-state index contributed by atoms with van der Waals surface area (Å²) in [6.07, 6.45) is 14.5. The van der Waals surface area contributed by atoms with E-state index in [1.54, 1.807) is 0 Å². The Hall–Kier alpha value is -0.0400. The molecule has 0 amide bonds. The number of rotatable bonds is 5. The molecule has 0 atom stereocenters. The second kappa shape index (κ2) is 5.34. The molecule has 0 spiro atoms. The Bertz CT molecular complexity index is 176. The van der Waals surface area contributed by atoms with Crippen molar-refractivity contribution in [2.24, 2.45) is 5.41 Å². The van der Waals surface area contributed by atoms with E-state index in [1.165, 1.54) is 70.8 Å². The van der Waals surface area contributed by atoms with Gasteiger partial charge in [0.1, 0.15) is 0 Å². The minimum atomic E-state index is 0.737. The SMILES string of the molecule is CCCC1(CNC2CCCCCC2)CC1. The van der Waals surface area contributed by atoms with Crippen LogP contribution in [-0.2, 0) is 0 Å². The van der Waals surface area contributed by atoms with Crippen LogP contribution in [0.5, 0.6) is 0 Å². The highest BCUT2D eigenvalue weighted by molar-refractivity contribution is 4.95. The van der Waals surface area contributed by atoms with E-state index in [1.807, 2.05) is 0 Å². The molecular weight excluding hydrogens is 182 g/mol. The quantitative estimate of drug-likeness (QED) is 0.678. The van der Waals surface area contributed by atoms with Crippen LogP contribution < -0.4 is 5.32 Å². The van der Waals surface area contributed by atoms with Gasteiger partial charge in [-0.2, -0.15) is 0 Å². The molecule has 0 radical (unpaired) electrons. The molecule has 0 aromatic carbocycles. The van der Waals surface area contributed by atoms with E-state index >= 15 is 0 Å². The first-order valence-corrected chi connectivity index (χ1v) is 7.08. The molecule has 0 aliphatic heterocycles. The fourth-order valence-electron chi connectivity index (χ4n) is 3.07. The van der Waals surface area contributed by atoms with Gasteiger partial charge in [0, 0.05) is 12.6 Å². The van der Waals surface area contributed by atoms with E-state index in [4.69, 9.17) is 0 Å². The van der Waals surface area contributed by atoms with Gasteiger partial charge in [-0.1, -0.05) is 39.0 Å². The van der Waals surface area contributed by atoms with Crippen LogP contribution in [0.25, 0.3) is 0 Å². The van der Waals surface area contributed by atoms with Gasteiger partial charge in [0.2, 0.25) is 0 Å². The average Bonchev–Trinajstić information content (AvgIpc) is 3.00. The van der Waals surface area contributed by atoms with Crippen LogP contribution >= 0.6 is 0 Å². The summed E-state index contributed by atoms with van der Waals surface area (Å²) in [5, 5.41) is 3.85. The van der Waals surface area contributed by atoms with Crippen molar-refractivity contribution in [3.8, 4) is 0 Å². The lowest BCUT2D eigenvalue weighted by atomic mass is 9.99. The molecule has 0 bridgehead atoms. The van der Waals surface area contributed by atoms with Crippen LogP contribution in [0.3, 0.4) is 0 Å². The van der Waals surface area contributed by atoms with E-state index < -0.39 is 0 Å². The van der Waals surface area contributed by atoms with Crippen molar-refractivity contribution in [3.63, 3.8) is 0 Å². The molecule has 0 heterocycles. The predicted octanol–water partition coefficient (Wildman–Crippen LogP) is 3.88. The fraction of sp³-hybridized carbons (Fsp3) is 1.00. The van der Waals surface area contributed by atoms with Crippen molar-refractivity contribution in [1.29, 1.82) is 0 Å². The van der Waals surface area contributed by atoms with E-state index in [0.717, 1.165) is 11.5 Å². The van der Waals surface area contributed by atoms with E-state index in [-0.39, 0.29) is 0 Å². The molecule has 1 nitrogen and oxygen atoms in total. The summed E-state index contributed by atoms with van der Waals surface area (Å²) in [5.41, 5.74) is 0.737. The molecule has 0 aromatic heterocycles. The first kappa shape index (κ1) is 11.4. The van der Waals surface area contributed by atoms with Gasteiger partial charge in [0.25, 0.3) is 0 Å². The zero-order chi connectivity index (χ0) is 10.6. The molecule has 2 aliphatic rings. The minimum absolute atomic E-state index is 0.737. The Labute approximate surface area is 95.0 Å². The van der Waals surface area contributed by atoms with Crippen LogP contribution in [0.15, 0.2) is 0 Å². The standard InChI is InChI=1S/C14H27N/c1-2-9-14(10-11-14)12-15-13-7-5-3-4-6-8-13/h13,15H,2-12H2,1H3. The van der Waals surface area contributed by atoms with Gasteiger partial charge in [0.15, 0.2) is 0 Å². The summed E-state index contributed by atoms with van der Waals surface area (Å²) in [6, 6.07) is 0.849. The third-order valence-electron chi connectivity index (χ3n) is 4.36. The highest BCUT2D eigenvalue weighted by Crippen LogP contribution is 2.49. The number of hydrogen-bond donors (Lipinski definition) is 1. The van der Waals surface area contributed by atoms with Crippen molar-refractivity contribution in [2.45, 2.75) is 77.2 Å². The van der Waals surface area contributed by atoms with Crippen LogP contribution in [0.2, 0.25) is 0 Å². The summed E-state index contributed by atoms with van der Waals surface area (Å²) >= 11 is 0. The zero-order valence-corrected chi connectivity index (χ0v) is 10.4. The molecular formula is C14H27N. The highest BCUT2D eigenvalue weighted by atomic mass is 14.9. The van der Waals surface area contributed by atoms with Gasteiger partial charge >= 0.3 is 0 Å². The molecule has 2 rings (SSSR count). The van der Waals surface area contributed by atoms with Gasteiger partial charge < -0.3 is 5.32 Å². The maximum atomic E-state index is 3.85. The van der Waals surface area contributed by atoms with Crippen molar-refractivity contribution >= 4 is 0 Å². The maximum Gasteiger partial charge on any atom is 0.00672 e. The van der Waals surface area contributed by atoms with Crippen LogP contribution in [0.4, 0.5) is 0 Å². The molecule has 15 heavy (non-hydrogen) atoms. The van der Waals surface area contributed by atoms with Gasteiger partial charge in [-0.05, 0) is 37.5 Å². The normalized spacial score (nSPS) is 26.2. The van der Waals surface area contributed by atoms with Crippen molar-refractivity contribution in [1.82, 2.24) is 5.32 Å². The average molecular weight is 209 g/mol. The number of nitrogens with one attached hydrogen (secondary N) is 1. The zero-order valence-electron chi connectivity index (χ0n) is 10.4. The summed E-state index contributed by atoms with van der Waals surface area (Å²) < 4.78 is 0. The molecule has 1 heteroatoms. The van der Waals surface area contributed by atoms with Gasteiger partial charge in [-0.15, -0.1) is 0 Å². The van der Waals surface area contributed by atoms with Crippen molar-refractivity contribution in [2.75, 3.05) is 6.54 Å².